The first-order chi connectivity index (χ1) is 12.3. The van der Waals surface area contributed by atoms with Crippen molar-refractivity contribution in [1.82, 2.24) is 9.80 Å². The Hall–Kier alpha value is -1.39. The van der Waals surface area contributed by atoms with Crippen molar-refractivity contribution in [2.75, 3.05) is 39.9 Å². The molecule has 25 heavy (non-hydrogen) atoms. The van der Waals surface area contributed by atoms with Crippen molar-refractivity contribution < 1.29 is 9.53 Å². The number of piperidine rings is 2. The molecular formula is C21H32N2O2. The van der Waals surface area contributed by atoms with E-state index in [-0.39, 0.29) is 5.91 Å². The Balaban J connectivity index is 1.49. The molecule has 1 aromatic carbocycles. The van der Waals surface area contributed by atoms with Crippen molar-refractivity contribution in [3.63, 3.8) is 0 Å². The second kappa shape index (κ2) is 9.35. The van der Waals surface area contributed by atoms with Crippen LogP contribution in [0.15, 0.2) is 30.3 Å². The second-order valence-electron chi connectivity index (χ2n) is 7.47. The van der Waals surface area contributed by atoms with Gasteiger partial charge in [-0.1, -0.05) is 36.8 Å². The van der Waals surface area contributed by atoms with Gasteiger partial charge in [0.15, 0.2) is 0 Å². The van der Waals surface area contributed by atoms with Gasteiger partial charge < -0.3 is 9.64 Å². The lowest BCUT2D eigenvalue weighted by atomic mass is 9.83. The Bertz CT molecular complexity index is 526. The van der Waals surface area contributed by atoms with E-state index in [1.165, 1.54) is 25.8 Å². The fraction of sp³-hybridized carbons (Fsp3) is 0.667. The van der Waals surface area contributed by atoms with Crippen molar-refractivity contribution in [2.45, 2.75) is 44.6 Å². The predicted molar refractivity (Wildman–Crippen MR) is 101 cm³/mol. The van der Waals surface area contributed by atoms with E-state index in [0.29, 0.717) is 12.5 Å². The molecule has 0 aromatic heterocycles. The molecule has 4 heteroatoms. The van der Waals surface area contributed by atoms with Gasteiger partial charge >= 0.3 is 0 Å². The van der Waals surface area contributed by atoms with Crippen LogP contribution in [0.5, 0.6) is 0 Å². The van der Waals surface area contributed by atoms with Crippen LogP contribution < -0.4 is 0 Å². The van der Waals surface area contributed by atoms with Crippen LogP contribution in [0.25, 0.3) is 0 Å². The molecule has 0 aliphatic carbocycles. The third-order valence-electron chi connectivity index (χ3n) is 5.88. The van der Waals surface area contributed by atoms with Gasteiger partial charge in [-0.05, 0) is 43.7 Å². The van der Waals surface area contributed by atoms with Gasteiger partial charge in [-0.3, -0.25) is 9.69 Å². The Kier molecular flexibility index (Phi) is 6.88. The topological polar surface area (TPSA) is 32.8 Å². The number of hydrogen-bond donors (Lipinski definition) is 0. The van der Waals surface area contributed by atoms with Gasteiger partial charge in [-0.25, -0.2) is 0 Å². The zero-order chi connectivity index (χ0) is 17.5. The monoisotopic (exact) mass is 344 g/mol. The number of amides is 1. The molecule has 0 unspecified atom stereocenters. The van der Waals surface area contributed by atoms with Crippen LogP contribution in [0, 0.1) is 5.92 Å². The number of rotatable bonds is 6. The van der Waals surface area contributed by atoms with Crippen LogP contribution in [0.2, 0.25) is 0 Å². The molecule has 2 saturated heterocycles. The summed E-state index contributed by atoms with van der Waals surface area (Å²) in [6.45, 7) is 4.93. The van der Waals surface area contributed by atoms with Crippen molar-refractivity contribution in [3.05, 3.63) is 35.9 Å². The molecule has 0 radical (unpaired) electrons. The molecular weight excluding hydrogens is 312 g/mol. The standard InChI is InChI=1S/C21H32N2O2/c1-25-16-15-22-12-6-5-9-20(22)19-10-13-23(14-11-19)21(24)17-18-7-3-2-4-8-18/h2-4,7-8,19-20H,5-6,9-17H2,1H3/t20-/m0/s1. The number of carbonyl (C=O) groups is 1. The molecule has 0 bridgehead atoms. The average Bonchev–Trinajstić information content (AvgIpc) is 2.67. The molecule has 2 heterocycles. The van der Waals surface area contributed by atoms with Gasteiger partial charge in [0.25, 0.3) is 0 Å². The predicted octanol–water partition coefficient (Wildman–Crippen LogP) is 2.97. The van der Waals surface area contributed by atoms with Crippen molar-refractivity contribution in [1.29, 1.82) is 0 Å². The number of likely N-dealkylation sites (tertiary alicyclic amines) is 2. The fourth-order valence-electron chi connectivity index (χ4n) is 4.45. The zero-order valence-electron chi connectivity index (χ0n) is 15.5. The molecule has 2 aliphatic rings. The van der Waals surface area contributed by atoms with Crippen LogP contribution in [0.4, 0.5) is 0 Å². The summed E-state index contributed by atoms with van der Waals surface area (Å²) in [5.41, 5.74) is 1.12. The number of ether oxygens (including phenoxy) is 1. The molecule has 2 fully saturated rings. The number of methoxy groups -OCH3 is 1. The summed E-state index contributed by atoms with van der Waals surface area (Å²) < 4.78 is 5.29. The van der Waals surface area contributed by atoms with Gasteiger partial charge in [-0.2, -0.15) is 0 Å². The summed E-state index contributed by atoms with van der Waals surface area (Å²) >= 11 is 0. The summed E-state index contributed by atoms with van der Waals surface area (Å²) in [5.74, 6) is 1.02. The zero-order valence-corrected chi connectivity index (χ0v) is 15.5. The quantitative estimate of drug-likeness (QED) is 0.795. The first-order valence-electron chi connectivity index (χ1n) is 9.82. The van der Waals surface area contributed by atoms with Crippen molar-refractivity contribution in [3.8, 4) is 0 Å². The fourth-order valence-corrected chi connectivity index (χ4v) is 4.45. The Labute approximate surface area is 152 Å². The van der Waals surface area contributed by atoms with Crippen molar-refractivity contribution >= 4 is 5.91 Å². The Morgan fingerprint density at radius 2 is 1.84 bits per heavy atom. The molecule has 1 amide bonds. The van der Waals surface area contributed by atoms with E-state index in [4.69, 9.17) is 4.74 Å². The molecule has 1 aromatic rings. The van der Waals surface area contributed by atoms with E-state index in [9.17, 15) is 4.79 Å². The maximum Gasteiger partial charge on any atom is 0.226 e. The van der Waals surface area contributed by atoms with Crippen LogP contribution in [0.3, 0.4) is 0 Å². The third-order valence-corrected chi connectivity index (χ3v) is 5.88. The van der Waals surface area contributed by atoms with E-state index in [2.05, 4.69) is 9.80 Å². The van der Waals surface area contributed by atoms with E-state index >= 15 is 0 Å². The van der Waals surface area contributed by atoms with Crippen LogP contribution in [-0.4, -0.2) is 61.6 Å². The summed E-state index contributed by atoms with van der Waals surface area (Å²) in [6, 6.07) is 10.8. The SMILES string of the molecule is COCCN1CCCC[C@H]1C1CCN(C(=O)Cc2ccccc2)CC1. The normalized spacial score (nSPS) is 22.9. The summed E-state index contributed by atoms with van der Waals surface area (Å²) in [7, 11) is 1.79. The molecule has 0 spiro atoms. The molecule has 1 atom stereocenters. The van der Waals surface area contributed by atoms with Crippen LogP contribution in [-0.2, 0) is 16.0 Å². The van der Waals surface area contributed by atoms with E-state index in [1.807, 2.05) is 30.3 Å². The minimum absolute atomic E-state index is 0.282. The molecule has 0 N–H and O–H groups in total. The number of nitrogens with zero attached hydrogens (tertiary/aromatic N) is 2. The lowest BCUT2D eigenvalue weighted by Gasteiger charge is -2.43. The first-order valence-corrected chi connectivity index (χ1v) is 9.82. The largest absolute Gasteiger partial charge is 0.383 e. The van der Waals surface area contributed by atoms with E-state index in [1.54, 1.807) is 7.11 Å². The van der Waals surface area contributed by atoms with Gasteiger partial charge in [0, 0.05) is 32.8 Å². The molecule has 0 saturated carbocycles. The number of carbonyl (C=O) groups excluding carboxylic acids is 1. The Morgan fingerprint density at radius 1 is 1.08 bits per heavy atom. The lowest BCUT2D eigenvalue weighted by molar-refractivity contribution is -0.132. The van der Waals surface area contributed by atoms with Crippen LogP contribution in [0.1, 0.15) is 37.7 Å². The first kappa shape index (κ1) is 18.4. The van der Waals surface area contributed by atoms with Gasteiger partial charge in [0.05, 0.1) is 13.0 Å². The highest BCUT2D eigenvalue weighted by Crippen LogP contribution is 2.30. The maximum absolute atomic E-state index is 12.6. The molecule has 3 rings (SSSR count). The summed E-state index contributed by atoms with van der Waals surface area (Å²) in [5, 5.41) is 0. The minimum Gasteiger partial charge on any atom is -0.383 e. The number of hydrogen-bond acceptors (Lipinski definition) is 3. The molecule has 2 aliphatic heterocycles. The number of benzene rings is 1. The van der Waals surface area contributed by atoms with Gasteiger partial charge in [0.1, 0.15) is 0 Å². The van der Waals surface area contributed by atoms with E-state index < -0.39 is 0 Å². The smallest absolute Gasteiger partial charge is 0.226 e. The third kappa shape index (κ3) is 5.05. The lowest BCUT2D eigenvalue weighted by Crippen LogP contribution is -2.49. The van der Waals surface area contributed by atoms with Crippen LogP contribution >= 0.6 is 0 Å². The highest BCUT2D eigenvalue weighted by atomic mass is 16.5. The van der Waals surface area contributed by atoms with Gasteiger partial charge in [-0.15, -0.1) is 0 Å². The summed E-state index contributed by atoms with van der Waals surface area (Å²) in [4.78, 5) is 17.3. The highest BCUT2D eigenvalue weighted by molar-refractivity contribution is 5.78. The highest BCUT2D eigenvalue weighted by Gasteiger charge is 2.33. The minimum atomic E-state index is 0.282. The molecule has 138 valence electrons. The van der Waals surface area contributed by atoms with Crippen molar-refractivity contribution in [2.24, 2.45) is 5.92 Å². The second-order valence-corrected chi connectivity index (χ2v) is 7.47. The average molecular weight is 344 g/mol. The van der Waals surface area contributed by atoms with Gasteiger partial charge in [0.2, 0.25) is 5.91 Å². The Morgan fingerprint density at radius 3 is 2.56 bits per heavy atom. The van der Waals surface area contributed by atoms with E-state index in [0.717, 1.165) is 50.6 Å². The maximum atomic E-state index is 12.6. The summed E-state index contributed by atoms with van der Waals surface area (Å²) in [6.07, 6.45) is 6.81. The molecule has 4 nitrogen and oxygen atoms in total.